The molecule has 0 atom stereocenters. The molecule has 0 saturated heterocycles. The van der Waals surface area contributed by atoms with Crippen LogP contribution in [0.3, 0.4) is 0 Å². The van der Waals surface area contributed by atoms with Gasteiger partial charge in [0, 0.05) is 12.1 Å². The van der Waals surface area contributed by atoms with Crippen LogP contribution in [0, 0.1) is 11.8 Å². The Hall–Kier alpha value is -0.970. The van der Waals surface area contributed by atoms with Crippen LogP contribution in [0.5, 0.6) is 0 Å². The molecule has 0 aromatic heterocycles. The van der Waals surface area contributed by atoms with Gasteiger partial charge in [-0.25, -0.2) is 0 Å². The summed E-state index contributed by atoms with van der Waals surface area (Å²) >= 11 is 5.51. The molecule has 1 aliphatic heterocycles. The maximum atomic E-state index is 5.51. The molecule has 1 nitrogen and oxygen atoms in total. The molecule has 72 valence electrons. The molecule has 1 heterocycles. The van der Waals surface area contributed by atoms with Crippen molar-refractivity contribution >= 4 is 11.6 Å². The zero-order valence-corrected chi connectivity index (χ0v) is 8.69. The largest absolute Gasteiger partial charge is 0.312 e. The second kappa shape index (κ2) is 4.50. The summed E-state index contributed by atoms with van der Waals surface area (Å²) in [6.45, 7) is 2.05. The van der Waals surface area contributed by atoms with Gasteiger partial charge in [-0.05, 0) is 36.2 Å². The van der Waals surface area contributed by atoms with E-state index in [2.05, 4.69) is 35.4 Å². The molecule has 14 heavy (non-hydrogen) atoms. The van der Waals surface area contributed by atoms with E-state index in [1.165, 1.54) is 11.1 Å². The highest BCUT2D eigenvalue weighted by atomic mass is 35.5. The Balaban J connectivity index is 2.29. The van der Waals surface area contributed by atoms with E-state index >= 15 is 0 Å². The normalized spacial score (nSPS) is 14.1. The van der Waals surface area contributed by atoms with Gasteiger partial charge in [0.1, 0.15) is 0 Å². The average Bonchev–Trinajstić information content (AvgIpc) is 2.26. The molecule has 0 aliphatic carbocycles. The third kappa shape index (κ3) is 2.09. The van der Waals surface area contributed by atoms with Crippen molar-refractivity contribution in [1.82, 2.24) is 5.32 Å². The van der Waals surface area contributed by atoms with Gasteiger partial charge in [0.05, 0.1) is 5.88 Å². The average molecular weight is 206 g/mol. The molecular formula is C12H12ClN. The van der Waals surface area contributed by atoms with E-state index in [0.717, 1.165) is 25.1 Å². The van der Waals surface area contributed by atoms with E-state index in [1.54, 1.807) is 0 Å². The third-order valence-corrected chi connectivity index (χ3v) is 2.53. The van der Waals surface area contributed by atoms with Crippen molar-refractivity contribution in [3.8, 4) is 11.8 Å². The molecule has 0 bridgehead atoms. The van der Waals surface area contributed by atoms with Crippen molar-refractivity contribution in [1.29, 1.82) is 0 Å². The zero-order valence-electron chi connectivity index (χ0n) is 7.94. The highest BCUT2D eigenvalue weighted by molar-refractivity contribution is 6.19. The SMILES string of the molecule is ClCC#Cc1ccc2c(c1)CCNC2. The Bertz CT molecular complexity index is 387. The molecular weight excluding hydrogens is 194 g/mol. The minimum Gasteiger partial charge on any atom is -0.312 e. The Labute approximate surface area is 89.5 Å². The van der Waals surface area contributed by atoms with Crippen molar-refractivity contribution in [2.24, 2.45) is 0 Å². The van der Waals surface area contributed by atoms with Gasteiger partial charge < -0.3 is 5.32 Å². The lowest BCUT2D eigenvalue weighted by molar-refractivity contribution is 0.643. The second-order valence-electron chi connectivity index (χ2n) is 3.35. The van der Waals surface area contributed by atoms with Crippen molar-refractivity contribution in [2.45, 2.75) is 13.0 Å². The summed E-state index contributed by atoms with van der Waals surface area (Å²) in [5.41, 5.74) is 3.89. The topological polar surface area (TPSA) is 12.0 Å². The van der Waals surface area contributed by atoms with Gasteiger partial charge in [-0.1, -0.05) is 17.9 Å². The van der Waals surface area contributed by atoms with Gasteiger partial charge in [-0.3, -0.25) is 0 Å². The molecule has 0 amide bonds. The number of fused-ring (bicyclic) bond motifs is 1. The summed E-state index contributed by atoms with van der Waals surface area (Å²) < 4.78 is 0. The molecule has 1 N–H and O–H groups in total. The Morgan fingerprint density at radius 1 is 1.36 bits per heavy atom. The van der Waals surface area contributed by atoms with Gasteiger partial charge in [0.15, 0.2) is 0 Å². The number of nitrogens with one attached hydrogen (secondary N) is 1. The summed E-state index contributed by atoms with van der Waals surface area (Å²) in [5.74, 6) is 6.31. The zero-order chi connectivity index (χ0) is 9.80. The lowest BCUT2D eigenvalue weighted by Gasteiger charge is -2.16. The molecule has 0 saturated carbocycles. The first-order valence-corrected chi connectivity index (χ1v) is 5.31. The number of benzene rings is 1. The first-order chi connectivity index (χ1) is 6.90. The van der Waals surface area contributed by atoms with Gasteiger partial charge in [-0.2, -0.15) is 0 Å². The number of hydrogen-bond acceptors (Lipinski definition) is 1. The first-order valence-electron chi connectivity index (χ1n) is 4.77. The fourth-order valence-corrected chi connectivity index (χ4v) is 1.76. The number of alkyl halides is 1. The summed E-state index contributed by atoms with van der Waals surface area (Å²) in [6, 6.07) is 6.39. The van der Waals surface area contributed by atoms with Gasteiger partial charge >= 0.3 is 0 Å². The van der Waals surface area contributed by atoms with Gasteiger partial charge in [0.2, 0.25) is 0 Å². The number of halogens is 1. The van der Waals surface area contributed by atoms with Crippen LogP contribution >= 0.6 is 11.6 Å². The maximum Gasteiger partial charge on any atom is 0.0839 e. The fourth-order valence-electron chi connectivity index (χ4n) is 1.69. The predicted molar refractivity (Wildman–Crippen MR) is 59.5 cm³/mol. The van der Waals surface area contributed by atoms with E-state index in [9.17, 15) is 0 Å². The molecule has 1 aliphatic rings. The summed E-state index contributed by atoms with van der Waals surface area (Å²) in [4.78, 5) is 0. The van der Waals surface area contributed by atoms with Crippen LogP contribution in [-0.4, -0.2) is 12.4 Å². The standard InChI is InChI=1S/C12H12ClN/c13-6-1-2-10-3-4-12-9-14-7-5-11(12)8-10/h3-4,8,14H,5-7,9H2. The number of hydrogen-bond donors (Lipinski definition) is 1. The Morgan fingerprint density at radius 2 is 2.29 bits per heavy atom. The van der Waals surface area contributed by atoms with Crippen molar-refractivity contribution in [3.63, 3.8) is 0 Å². The van der Waals surface area contributed by atoms with Gasteiger partial charge in [-0.15, -0.1) is 11.6 Å². The van der Waals surface area contributed by atoms with Crippen LogP contribution < -0.4 is 5.32 Å². The monoisotopic (exact) mass is 205 g/mol. The van der Waals surface area contributed by atoms with Crippen LogP contribution in [0.4, 0.5) is 0 Å². The third-order valence-electron chi connectivity index (χ3n) is 2.39. The smallest absolute Gasteiger partial charge is 0.0839 e. The highest BCUT2D eigenvalue weighted by Crippen LogP contribution is 2.15. The number of rotatable bonds is 0. The summed E-state index contributed by atoms with van der Waals surface area (Å²) in [6.07, 6.45) is 1.10. The lowest BCUT2D eigenvalue weighted by Crippen LogP contribution is -2.23. The molecule has 1 aromatic rings. The lowest BCUT2D eigenvalue weighted by atomic mass is 9.99. The molecule has 2 heteroatoms. The van der Waals surface area contributed by atoms with Crippen molar-refractivity contribution in [3.05, 3.63) is 34.9 Å². The summed E-state index contributed by atoms with van der Waals surface area (Å²) in [5, 5.41) is 3.35. The molecule has 0 unspecified atom stereocenters. The van der Waals surface area contributed by atoms with E-state index in [4.69, 9.17) is 11.6 Å². The Morgan fingerprint density at radius 3 is 3.14 bits per heavy atom. The molecule has 0 spiro atoms. The minimum absolute atomic E-state index is 0.401. The van der Waals surface area contributed by atoms with Crippen molar-refractivity contribution in [2.75, 3.05) is 12.4 Å². The van der Waals surface area contributed by atoms with E-state index in [-0.39, 0.29) is 0 Å². The van der Waals surface area contributed by atoms with Crippen LogP contribution in [0.2, 0.25) is 0 Å². The highest BCUT2D eigenvalue weighted by Gasteiger charge is 2.07. The van der Waals surface area contributed by atoms with E-state index in [0.29, 0.717) is 5.88 Å². The van der Waals surface area contributed by atoms with Crippen LogP contribution in [0.15, 0.2) is 18.2 Å². The molecule has 0 fully saturated rings. The maximum absolute atomic E-state index is 5.51. The second-order valence-corrected chi connectivity index (χ2v) is 3.61. The molecule has 2 rings (SSSR count). The molecule has 1 aromatic carbocycles. The van der Waals surface area contributed by atoms with E-state index in [1.807, 2.05) is 0 Å². The van der Waals surface area contributed by atoms with E-state index < -0.39 is 0 Å². The van der Waals surface area contributed by atoms with Crippen molar-refractivity contribution < 1.29 is 0 Å². The van der Waals surface area contributed by atoms with Crippen LogP contribution in [-0.2, 0) is 13.0 Å². The molecule has 0 radical (unpaired) electrons. The van der Waals surface area contributed by atoms with Crippen LogP contribution in [0.25, 0.3) is 0 Å². The minimum atomic E-state index is 0.401. The summed E-state index contributed by atoms with van der Waals surface area (Å²) in [7, 11) is 0. The first kappa shape index (κ1) is 9.58. The van der Waals surface area contributed by atoms with Gasteiger partial charge in [0.25, 0.3) is 0 Å². The predicted octanol–water partition coefficient (Wildman–Crippen LogP) is 1.92. The quantitative estimate of drug-likeness (QED) is 0.504. The fraction of sp³-hybridized carbons (Fsp3) is 0.333. The van der Waals surface area contributed by atoms with Crippen LogP contribution in [0.1, 0.15) is 16.7 Å². The Kier molecular flexibility index (Phi) is 3.08.